The molecule has 3 rings (SSSR count). The highest BCUT2D eigenvalue weighted by atomic mass is 79.9. The molecule has 2 N–H and O–H groups in total. The first-order chi connectivity index (χ1) is 10.1. The van der Waals surface area contributed by atoms with Crippen LogP contribution in [0.4, 0.5) is 10.1 Å². The number of nitrogen functional groups attached to an aromatic ring is 1. The topological polar surface area (TPSA) is 69.6 Å². The fourth-order valence-electron chi connectivity index (χ4n) is 2.11. The number of aryl methyl sites for hydroxylation is 1. The molecule has 7 heteroatoms. The van der Waals surface area contributed by atoms with Crippen molar-refractivity contribution in [1.29, 1.82) is 0 Å². The van der Waals surface area contributed by atoms with E-state index in [9.17, 15) is 4.39 Å². The molecule has 0 aliphatic carbocycles. The van der Waals surface area contributed by atoms with E-state index in [0.29, 0.717) is 21.7 Å². The van der Waals surface area contributed by atoms with Gasteiger partial charge in [-0.05, 0) is 75.2 Å². The Balaban J connectivity index is 2.17. The Kier molecular flexibility index (Phi) is 3.42. The number of tetrazole rings is 1. The lowest BCUT2D eigenvalue weighted by molar-refractivity contribution is 0.625. The molecular formula is C14H11BrFN5. The molecule has 1 heterocycles. The monoisotopic (exact) mass is 347 g/mol. The number of hydrogen-bond acceptors (Lipinski definition) is 4. The number of halogens is 2. The second-order valence-electron chi connectivity index (χ2n) is 4.58. The Morgan fingerprint density at radius 1 is 1.19 bits per heavy atom. The SMILES string of the molecule is Cc1cc(N)ccc1-c1nnnn1-c1ccc(F)cc1Br. The van der Waals surface area contributed by atoms with E-state index >= 15 is 0 Å². The number of nitrogens with zero attached hydrogens (tertiary/aromatic N) is 4. The molecule has 0 aliphatic heterocycles. The second kappa shape index (κ2) is 5.25. The zero-order valence-electron chi connectivity index (χ0n) is 11.1. The first kappa shape index (κ1) is 13.7. The van der Waals surface area contributed by atoms with E-state index in [1.54, 1.807) is 16.8 Å². The predicted molar refractivity (Wildman–Crippen MR) is 81.4 cm³/mol. The highest BCUT2D eigenvalue weighted by Crippen LogP contribution is 2.28. The molecule has 0 saturated carbocycles. The van der Waals surface area contributed by atoms with Crippen molar-refractivity contribution in [3.63, 3.8) is 0 Å². The Morgan fingerprint density at radius 3 is 2.71 bits per heavy atom. The van der Waals surface area contributed by atoms with Crippen LogP contribution >= 0.6 is 15.9 Å². The summed E-state index contributed by atoms with van der Waals surface area (Å²) in [4.78, 5) is 0. The minimum atomic E-state index is -0.330. The third-order valence-corrected chi connectivity index (χ3v) is 3.73. The van der Waals surface area contributed by atoms with E-state index < -0.39 is 0 Å². The van der Waals surface area contributed by atoms with Crippen LogP contribution in [0.1, 0.15) is 5.56 Å². The predicted octanol–water partition coefficient (Wildman–Crippen LogP) is 3.12. The largest absolute Gasteiger partial charge is 0.399 e. The van der Waals surface area contributed by atoms with Crippen molar-refractivity contribution in [1.82, 2.24) is 20.2 Å². The molecule has 2 aromatic carbocycles. The Bertz CT molecular complexity index is 749. The van der Waals surface area contributed by atoms with E-state index in [4.69, 9.17) is 5.73 Å². The van der Waals surface area contributed by atoms with Gasteiger partial charge in [-0.1, -0.05) is 0 Å². The van der Waals surface area contributed by atoms with Crippen molar-refractivity contribution in [3.8, 4) is 17.1 Å². The van der Waals surface area contributed by atoms with Gasteiger partial charge in [0.1, 0.15) is 5.82 Å². The summed E-state index contributed by atoms with van der Waals surface area (Å²) in [5.74, 6) is 0.240. The van der Waals surface area contributed by atoms with E-state index in [1.807, 2.05) is 19.1 Å². The summed E-state index contributed by atoms with van der Waals surface area (Å²) in [5.41, 5.74) is 8.93. The summed E-state index contributed by atoms with van der Waals surface area (Å²) in [6.45, 7) is 1.93. The summed E-state index contributed by atoms with van der Waals surface area (Å²) in [5, 5.41) is 11.8. The maximum Gasteiger partial charge on any atom is 0.187 e. The van der Waals surface area contributed by atoms with E-state index in [2.05, 4.69) is 31.5 Å². The van der Waals surface area contributed by atoms with Crippen LogP contribution < -0.4 is 5.73 Å². The fourth-order valence-corrected chi connectivity index (χ4v) is 2.63. The van der Waals surface area contributed by atoms with Crippen molar-refractivity contribution < 1.29 is 4.39 Å². The van der Waals surface area contributed by atoms with Crippen LogP contribution in [0.25, 0.3) is 17.1 Å². The van der Waals surface area contributed by atoms with Gasteiger partial charge in [0.15, 0.2) is 5.82 Å². The molecule has 106 valence electrons. The van der Waals surface area contributed by atoms with Crippen molar-refractivity contribution >= 4 is 21.6 Å². The minimum absolute atomic E-state index is 0.330. The molecule has 1 aromatic heterocycles. The quantitative estimate of drug-likeness (QED) is 0.723. The zero-order chi connectivity index (χ0) is 15.0. The summed E-state index contributed by atoms with van der Waals surface area (Å²) in [6.07, 6.45) is 0. The van der Waals surface area contributed by atoms with Crippen LogP contribution in [0.5, 0.6) is 0 Å². The summed E-state index contributed by atoms with van der Waals surface area (Å²) >= 11 is 3.33. The molecule has 0 saturated heterocycles. The van der Waals surface area contributed by atoms with Crippen LogP contribution in [0, 0.1) is 12.7 Å². The highest BCUT2D eigenvalue weighted by molar-refractivity contribution is 9.10. The van der Waals surface area contributed by atoms with E-state index in [1.165, 1.54) is 12.1 Å². The van der Waals surface area contributed by atoms with Gasteiger partial charge in [0, 0.05) is 15.7 Å². The van der Waals surface area contributed by atoms with Crippen LogP contribution in [0.2, 0.25) is 0 Å². The van der Waals surface area contributed by atoms with Gasteiger partial charge in [0.2, 0.25) is 0 Å². The number of benzene rings is 2. The molecule has 0 fully saturated rings. The lowest BCUT2D eigenvalue weighted by atomic mass is 10.1. The van der Waals surface area contributed by atoms with Gasteiger partial charge in [0.05, 0.1) is 5.69 Å². The Labute approximate surface area is 128 Å². The minimum Gasteiger partial charge on any atom is -0.399 e. The standard InChI is InChI=1S/C14H11BrFN5/c1-8-6-10(17)3-4-11(8)14-18-19-20-21(14)13-5-2-9(16)7-12(13)15/h2-7H,17H2,1H3. The smallest absolute Gasteiger partial charge is 0.187 e. The van der Waals surface area contributed by atoms with E-state index in [0.717, 1.165) is 11.1 Å². The number of anilines is 1. The van der Waals surface area contributed by atoms with Crippen LogP contribution in [-0.4, -0.2) is 20.2 Å². The molecule has 3 aromatic rings. The molecule has 0 spiro atoms. The van der Waals surface area contributed by atoms with Crippen LogP contribution in [0.3, 0.4) is 0 Å². The molecule has 0 radical (unpaired) electrons. The average Bonchev–Trinajstić information content (AvgIpc) is 2.87. The molecule has 0 unspecified atom stereocenters. The summed E-state index contributed by atoms with van der Waals surface area (Å²) in [6, 6.07) is 9.86. The van der Waals surface area contributed by atoms with Crippen molar-refractivity contribution in [2.24, 2.45) is 0 Å². The van der Waals surface area contributed by atoms with Gasteiger partial charge in [-0.15, -0.1) is 5.10 Å². The van der Waals surface area contributed by atoms with Crippen molar-refractivity contribution in [3.05, 3.63) is 52.3 Å². The maximum atomic E-state index is 13.2. The number of rotatable bonds is 2. The van der Waals surface area contributed by atoms with Crippen LogP contribution in [0.15, 0.2) is 40.9 Å². The number of hydrogen-bond donors (Lipinski definition) is 1. The van der Waals surface area contributed by atoms with Gasteiger partial charge in [-0.2, -0.15) is 4.68 Å². The Hall–Kier alpha value is -2.28. The second-order valence-corrected chi connectivity index (χ2v) is 5.44. The molecule has 21 heavy (non-hydrogen) atoms. The zero-order valence-corrected chi connectivity index (χ0v) is 12.7. The maximum absolute atomic E-state index is 13.2. The molecule has 0 atom stereocenters. The van der Waals surface area contributed by atoms with Crippen LogP contribution in [-0.2, 0) is 0 Å². The molecule has 5 nitrogen and oxygen atoms in total. The third kappa shape index (κ3) is 2.52. The van der Waals surface area contributed by atoms with Gasteiger partial charge < -0.3 is 5.73 Å². The van der Waals surface area contributed by atoms with Gasteiger partial charge in [-0.3, -0.25) is 0 Å². The van der Waals surface area contributed by atoms with Gasteiger partial charge >= 0.3 is 0 Å². The lowest BCUT2D eigenvalue weighted by Gasteiger charge is -2.09. The fraction of sp³-hybridized carbons (Fsp3) is 0.0714. The Morgan fingerprint density at radius 2 is 2.00 bits per heavy atom. The molecule has 0 aliphatic rings. The average molecular weight is 348 g/mol. The summed E-state index contributed by atoms with van der Waals surface area (Å²) < 4.78 is 15.3. The van der Waals surface area contributed by atoms with Crippen molar-refractivity contribution in [2.75, 3.05) is 5.73 Å². The first-order valence-corrected chi connectivity index (χ1v) is 6.96. The molecule has 0 bridgehead atoms. The highest BCUT2D eigenvalue weighted by Gasteiger charge is 2.15. The van der Waals surface area contributed by atoms with Gasteiger partial charge in [0.25, 0.3) is 0 Å². The molecular weight excluding hydrogens is 337 g/mol. The lowest BCUT2D eigenvalue weighted by Crippen LogP contribution is -2.02. The van der Waals surface area contributed by atoms with E-state index in [-0.39, 0.29) is 5.82 Å². The number of aromatic nitrogens is 4. The number of nitrogens with two attached hydrogens (primary N) is 1. The van der Waals surface area contributed by atoms with Gasteiger partial charge in [-0.25, -0.2) is 4.39 Å². The summed E-state index contributed by atoms with van der Waals surface area (Å²) in [7, 11) is 0. The first-order valence-electron chi connectivity index (χ1n) is 6.16. The third-order valence-electron chi connectivity index (χ3n) is 3.10. The molecule has 0 amide bonds. The normalized spacial score (nSPS) is 10.8. The van der Waals surface area contributed by atoms with Crippen molar-refractivity contribution in [2.45, 2.75) is 6.92 Å².